The van der Waals surface area contributed by atoms with E-state index < -0.39 is 17.7 Å². The van der Waals surface area contributed by atoms with E-state index in [0.717, 1.165) is 5.56 Å². The number of nitrogens with zero attached hydrogens (tertiary/aromatic N) is 3. The first-order valence-electron chi connectivity index (χ1n) is 7.85. The van der Waals surface area contributed by atoms with Crippen molar-refractivity contribution in [2.45, 2.75) is 32.2 Å². The molecule has 1 atom stereocenters. The van der Waals surface area contributed by atoms with E-state index >= 15 is 0 Å². The molecule has 1 unspecified atom stereocenters. The van der Waals surface area contributed by atoms with Gasteiger partial charge in [0.25, 0.3) is 6.43 Å². The number of benzene rings is 1. The van der Waals surface area contributed by atoms with Crippen LogP contribution in [-0.4, -0.2) is 26.9 Å². The molecule has 0 aliphatic heterocycles. The van der Waals surface area contributed by atoms with Gasteiger partial charge in [0.15, 0.2) is 11.5 Å². The number of aryl methyl sites for hydroxylation is 1. The van der Waals surface area contributed by atoms with Gasteiger partial charge in [-0.3, -0.25) is 9.20 Å². The number of fused-ring (bicyclic) bond motifs is 1. The molecule has 5 nitrogen and oxygen atoms in total. The summed E-state index contributed by atoms with van der Waals surface area (Å²) in [6, 6.07) is 11.8. The molecule has 2 heterocycles. The van der Waals surface area contributed by atoms with Crippen molar-refractivity contribution in [2.75, 3.05) is 0 Å². The number of nitrogens with one attached hydrogen (secondary N) is 1. The Bertz CT molecular complexity index is 894. The van der Waals surface area contributed by atoms with Crippen LogP contribution in [0.1, 0.15) is 23.9 Å². The Morgan fingerprint density at radius 1 is 1.20 bits per heavy atom. The molecule has 130 valence electrons. The van der Waals surface area contributed by atoms with Gasteiger partial charge < -0.3 is 5.32 Å². The van der Waals surface area contributed by atoms with Crippen LogP contribution >= 0.6 is 0 Å². The number of carbonyl (C=O) groups excluding carboxylic acids is 1. The summed E-state index contributed by atoms with van der Waals surface area (Å²) in [5.74, 6) is -0.269. The van der Waals surface area contributed by atoms with Crippen LogP contribution in [-0.2, 0) is 16.8 Å². The Kier molecular flexibility index (Phi) is 4.48. The number of rotatable bonds is 5. The van der Waals surface area contributed by atoms with Crippen LogP contribution in [0.2, 0.25) is 0 Å². The zero-order valence-electron chi connectivity index (χ0n) is 13.9. The minimum Gasteiger partial charge on any atom is -0.348 e. The maximum Gasteiger partial charge on any atom is 0.256 e. The molecule has 1 N–H and O–H groups in total. The van der Waals surface area contributed by atoms with Crippen molar-refractivity contribution in [3.8, 4) is 0 Å². The Morgan fingerprint density at radius 3 is 2.60 bits per heavy atom. The molecule has 0 saturated heterocycles. The maximum absolute atomic E-state index is 13.7. The van der Waals surface area contributed by atoms with Crippen molar-refractivity contribution >= 4 is 11.6 Å². The number of hydrogen-bond donors (Lipinski definition) is 1. The first-order valence-corrected chi connectivity index (χ1v) is 7.85. The molecule has 0 spiro atoms. The second kappa shape index (κ2) is 6.58. The second-order valence-electron chi connectivity index (χ2n) is 6.10. The topological polar surface area (TPSA) is 59.3 Å². The van der Waals surface area contributed by atoms with Gasteiger partial charge in [-0.2, -0.15) is 0 Å². The molecule has 7 heteroatoms. The van der Waals surface area contributed by atoms with E-state index in [-0.39, 0.29) is 12.1 Å². The zero-order valence-corrected chi connectivity index (χ0v) is 13.9. The van der Waals surface area contributed by atoms with E-state index in [1.807, 2.05) is 19.2 Å². The highest BCUT2D eigenvalue weighted by atomic mass is 19.3. The fourth-order valence-electron chi connectivity index (χ4n) is 2.65. The summed E-state index contributed by atoms with van der Waals surface area (Å²) in [6.07, 6.45) is -1.01. The number of alkyl halides is 2. The molecular formula is C18H18F2N4O. The van der Waals surface area contributed by atoms with Crippen molar-refractivity contribution in [3.05, 3.63) is 65.6 Å². The quantitative estimate of drug-likeness (QED) is 0.774. The number of carbonyl (C=O) groups is 1. The maximum atomic E-state index is 13.7. The van der Waals surface area contributed by atoms with Gasteiger partial charge in [0, 0.05) is 6.20 Å². The molecule has 0 radical (unpaired) electrons. The van der Waals surface area contributed by atoms with Crippen molar-refractivity contribution in [1.29, 1.82) is 0 Å². The standard InChI is InChI=1S/C18H18F2N4O/c1-12-8-9-14-22-23-15(24(14)11-12)10-21-17(25)18(2,16(19)20)13-6-4-3-5-7-13/h3-9,11,16H,10H2,1-2H3,(H,21,25). The number of amides is 1. The van der Waals surface area contributed by atoms with Gasteiger partial charge in [0.05, 0.1) is 6.54 Å². The minimum absolute atomic E-state index is 0.0125. The molecule has 1 aromatic carbocycles. The molecule has 3 aromatic rings. The number of pyridine rings is 1. The van der Waals surface area contributed by atoms with Crippen LogP contribution < -0.4 is 5.32 Å². The van der Waals surface area contributed by atoms with E-state index in [1.165, 1.54) is 19.1 Å². The van der Waals surface area contributed by atoms with E-state index in [4.69, 9.17) is 0 Å². The third kappa shape index (κ3) is 3.09. The third-order valence-corrected chi connectivity index (χ3v) is 4.31. The van der Waals surface area contributed by atoms with E-state index in [0.29, 0.717) is 11.5 Å². The number of aromatic nitrogens is 3. The Hall–Kier alpha value is -2.83. The summed E-state index contributed by atoms with van der Waals surface area (Å²) in [5, 5.41) is 10.6. The molecular weight excluding hydrogens is 326 g/mol. The summed E-state index contributed by atoms with van der Waals surface area (Å²) in [7, 11) is 0. The highest BCUT2D eigenvalue weighted by molar-refractivity contribution is 5.88. The highest BCUT2D eigenvalue weighted by Gasteiger charge is 2.44. The van der Waals surface area contributed by atoms with Gasteiger partial charge >= 0.3 is 0 Å². The van der Waals surface area contributed by atoms with Gasteiger partial charge in [0.2, 0.25) is 5.91 Å². The second-order valence-corrected chi connectivity index (χ2v) is 6.10. The van der Waals surface area contributed by atoms with Crippen LogP contribution in [0, 0.1) is 6.92 Å². The third-order valence-electron chi connectivity index (χ3n) is 4.31. The van der Waals surface area contributed by atoms with Gasteiger partial charge in [-0.1, -0.05) is 36.4 Å². The molecule has 0 aliphatic carbocycles. The predicted molar refractivity (Wildman–Crippen MR) is 89.4 cm³/mol. The first kappa shape index (κ1) is 17.0. The lowest BCUT2D eigenvalue weighted by molar-refractivity contribution is -0.132. The lowest BCUT2D eigenvalue weighted by atomic mass is 9.82. The van der Waals surface area contributed by atoms with Crippen LogP contribution in [0.3, 0.4) is 0 Å². The van der Waals surface area contributed by atoms with Crippen molar-refractivity contribution < 1.29 is 13.6 Å². The fraction of sp³-hybridized carbons (Fsp3) is 0.278. The molecule has 2 aromatic heterocycles. The Balaban J connectivity index is 1.83. The molecule has 0 fully saturated rings. The summed E-state index contributed by atoms with van der Waals surface area (Å²) in [5.41, 5.74) is -0.0296. The minimum atomic E-state index is -2.84. The lowest BCUT2D eigenvalue weighted by Gasteiger charge is -2.27. The normalized spacial score (nSPS) is 13.8. The lowest BCUT2D eigenvalue weighted by Crippen LogP contribution is -2.47. The van der Waals surface area contributed by atoms with Crippen LogP contribution in [0.15, 0.2) is 48.7 Å². The molecule has 0 aliphatic rings. The van der Waals surface area contributed by atoms with Crippen molar-refractivity contribution in [1.82, 2.24) is 19.9 Å². The Morgan fingerprint density at radius 2 is 1.92 bits per heavy atom. The molecule has 1 amide bonds. The van der Waals surface area contributed by atoms with Gasteiger partial charge in [-0.25, -0.2) is 8.78 Å². The first-order chi connectivity index (χ1) is 11.9. The van der Waals surface area contributed by atoms with E-state index in [1.54, 1.807) is 28.7 Å². The summed E-state index contributed by atoms with van der Waals surface area (Å²) in [4.78, 5) is 12.6. The monoisotopic (exact) mass is 344 g/mol. The fourth-order valence-corrected chi connectivity index (χ4v) is 2.65. The SMILES string of the molecule is Cc1ccc2nnc(CNC(=O)C(C)(c3ccccc3)C(F)F)n2c1. The van der Waals surface area contributed by atoms with Gasteiger partial charge in [-0.05, 0) is 31.0 Å². The largest absolute Gasteiger partial charge is 0.348 e. The van der Waals surface area contributed by atoms with Gasteiger partial charge in [0.1, 0.15) is 5.41 Å². The molecule has 25 heavy (non-hydrogen) atoms. The summed E-state index contributed by atoms with van der Waals surface area (Å²) < 4.78 is 29.1. The van der Waals surface area contributed by atoms with Crippen molar-refractivity contribution in [3.63, 3.8) is 0 Å². The van der Waals surface area contributed by atoms with Crippen LogP contribution in [0.25, 0.3) is 5.65 Å². The highest BCUT2D eigenvalue weighted by Crippen LogP contribution is 2.31. The smallest absolute Gasteiger partial charge is 0.256 e. The predicted octanol–water partition coefficient (Wildman–Crippen LogP) is 2.88. The van der Waals surface area contributed by atoms with Gasteiger partial charge in [-0.15, -0.1) is 10.2 Å². The van der Waals surface area contributed by atoms with Crippen LogP contribution in [0.4, 0.5) is 8.78 Å². The molecule has 0 saturated carbocycles. The Labute approximate surface area is 143 Å². The zero-order chi connectivity index (χ0) is 18.0. The summed E-state index contributed by atoms with van der Waals surface area (Å²) >= 11 is 0. The number of halogens is 2. The van der Waals surface area contributed by atoms with E-state index in [2.05, 4.69) is 15.5 Å². The van der Waals surface area contributed by atoms with Crippen molar-refractivity contribution in [2.24, 2.45) is 0 Å². The molecule has 0 bridgehead atoms. The number of hydrogen-bond acceptors (Lipinski definition) is 3. The van der Waals surface area contributed by atoms with Crippen LogP contribution in [0.5, 0.6) is 0 Å². The average molecular weight is 344 g/mol. The average Bonchev–Trinajstić information content (AvgIpc) is 3.01. The van der Waals surface area contributed by atoms with E-state index in [9.17, 15) is 13.6 Å². The summed E-state index contributed by atoms with van der Waals surface area (Å²) in [6.45, 7) is 3.18. The molecule has 3 rings (SSSR count).